The first-order valence-corrected chi connectivity index (χ1v) is 9.96. The zero-order chi connectivity index (χ0) is 21.7. The van der Waals surface area contributed by atoms with Crippen LogP contribution in [-0.2, 0) is 20.7 Å². The van der Waals surface area contributed by atoms with Crippen molar-refractivity contribution in [2.24, 2.45) is 0 Å². The summed E-state index contributed by atoms with van der Waals surface area (Å²) in [5, 5.41) is 0. The Balaban J connectivity index is 1.64. The number of anilines is 1. The predicted molar refractivity (Wildman–Crippen MR) is 114 cm³/mol. The molecular formula is C23H28N2O5. The highest BCUT2D eigenvalue weighted by molar-refractivity contribution is 6.01. The third-order valence-electron chi connectivity index (χ3n) is 5.30. The van der Waals surface area contributed by atoms with Gasteiger partial charge in [-0.05, 0) is 36.8 Å². The Kier molecular flexibility index (Phi) is 6.95. The molecule has 1 aliphatic heterocycles. The van der Waals surface area contributed by atoms with Crippen LogP contribution in [0.1, 0.15) is 22.8 Å². The van der Waals surface area contributed by atoms with E-state index in [1.54, 1.807) is 11.9 Å². The molecule has 30 heavy (non-hydrogen) atoms. The smallest absolute Gasteiger partial charge is 0.335 e. The molecule has 2 atom stereocenters. The molecule has 2 aromatic carbocycles. The maximum atomic E-state index is 12.7. The zero-order valence-electron chi connectivity index (χ0n) is 17.8. The number of likely N-dealkylation sites (N-methyl/N-ethyl adjacent to an activating group) is 2. The van der Waals surface area contributed by atoms with Gasteiger partial charge in [-0.2, -0.15) is 0 Å². The van der Waals surface area contributed by atoms with Crippen LogP contribution in [-0.4, -0.2) is 63.5 Å². The number of para-hydroxylation sites is 1. The standard InChI is InChI=1S/C23H28N2O5/c1-5-29-20(23(27)28-4)14-16-10-12-17(13-11-16)30-15-21-24(2)19-9-7-6-8-18(19)22(26)25(21)3/h6-13,20-21H,5,14-15H2,1-4H3. The summed E-state index contributed by atoms with van der Waals surface area (Å²) in [6, 6.07) is 15.1. The molecule has 0 radical (unpaired) electrons. The second kappa shape index (κ2) is 9.63. The van der Waals surface area contributed by atoms with Gasteiger partial charge in [0, 0.05) is 27.1 Å². The average molecular weight is 412 g/mol. The summed E-state index contributed by atoms with van der Waals surface area (Å²) >= 11 is 0. The van der Waals surface area contributed by atoms with Gasteiger partial charge in [0.25, 0.3) is 5.91 Å². The monoisotopic (exact) mass is 412 g/mol. The van der Waals surface area contributed by atoms with Gasteiger partial charge in [0.15, 0.2) is 6.10 Å². The first kappa shape index (κ1) is 21.6. The van der Waals surface area contributed by atoms with Gasteiger partial charge in [-0.3, -0.25) is 4.79 Å². The number of carbonyl (C=O) groups is 2. The minimum Gasteiger partial charge on any atom is -0.489 e. The molecule has 0 bridgehead atoms. The van der Waals surface area contributed by atoms with Gasteiger partial charge < -0.3 is 24.0 Å². The molecule has 3 rings (SSSR count). The number of carbonyl (C=O) groups excluding carboxylic acids is 2. The predicted octanol–water partition coefficient (Wildman–Crippen LogP) is 2.73. The summed E-state index contributed by atoms with van der Waals surface area (Å²) in [5.41, 5.74) is 2.54. The van der Waals surface area contributed by atoms with Crippen molar-refractivity contribution in [3.8, 4) is 5.75 Å². The molecule has 1 amide bonds. The largest absolute Gasteiger partial charge is 0.489 e. The number of rotatable bonds is 8. The lowest BCUT2D eigenvalue weighted by atomic mass is 10.1. The molecule has 0 N–H and O–H groups in total. The van der Waals surface area contributed by atoms with E-state index >= 15 is 0 Å². The third kappa shape index (κ3) is 4.57. The van der Waals surface area contributed by atoms with Gasteiger partial charge >= 0.3 is 5.97 Å². The van der Waals surface area contributed by atoms with E-state index in [0.717, 1.165) is 11.3 Å². The molecule has 0 aromatic heterocycles. The van der Waals surface area contributed by atoms with Gasteiger partial charge in [-0.15, -0.1) is 0 Å². The minimum absolute atomic E-state index is 0.0163. The van der Waals surface area contributed by atoms with Crippen LogP contribution in [0.4, 0.5) is 5.69 Å². The summed E-state index contributed by atoms with van der Waals surface area (Å²) < 4.78 is 16.2. The van der Waals surface area contributed by atoms with E-state index in [2.05, 4.69) is 0 Å². The van der Waals surface area contributed by atoms with E-state index in [-0.39, 0.29) is 18.0 Å². The van der Waals surface area contributed by atoms with E-state index in [9.17, 15) is 9.59 Å². The molecular weight excluding hydrogens is 384 g/mol. The normalized spacial score (nSPS) is 16.8. The van der Waals surface area contributed by atoms with Gasteiger partial charge in [0.05, 0.1) is 18.4 Å². The molecule has 0 aliphatic carbocycles. The van der Waals surface area contributed by atoms with E-state index in [0.29, 0.717) is 30.9 Å². The first-order chi connectivity index (χ1) is 14.5. The molecule has 0 saturated carbocycles. The van der Waals surface area contributed by atoms with Gasteiger partial charge in [0.2, 0.25) is 0 Å². The molecule has 7 nitrogen and oxygen atoms in total. The molecule has 160 valence electrons. The summed E-state index contributed by atoms with van der Waals surface area (Å²) in [6.07, 6.45) is -0.406. The number of benzene rings is 2. The molecule has 0 fully saturated rings. The summed E-state index contributed by atoms with van der Waals surface area (Å²) in [4.78, 5) is 28.2. The Labute approximate surface area is 177 Å². The van der Waals surface area contributed by atoms with Gasteiger partial charge in [0.1, 0.15) is 18.5 Å². The highest BCUT2D eigenvalue weighted by Gasteiger charge is 2.33. The third-order valence-corrected chi connectivity index (χ3v) is 5.30. The molecule has 2 aromatic rings. The summed E-state index contributed by atoms with van der Waals surface area (Å²) in [5.74, 6) is 0.292. The summed E-state index contributed by atoms with van der Waals surface area (Å²) in [7, 11) is 5.10. The number of amides is 1. The van der Waals surface area contributed by atoms with E-state index in [1.165, 1.54) is 7.11 Å². The fourth-order valence-electron chi connectivity index (χ4n) is 3.58. The maximum Gasteiger partial charge on any atom is 0.335 e. The Hall–Kier alpha value is -3.06. The Morgan fingerprint density at radius 3 is 2.43 bits per heavy atom. The topological polar surface area (TPSA) is 68.3 Å². The molecule has 1 aliphatic rings. The van der Waals surface area contributed by atoms with Crippen molar-refractivity contribution in [1.29, 1.82) is 0 Å². The fraction of sp³-hybridized carbons (Fsp3) is 0.391. The number of methoxy groups -OCH3 is 1. The van der Waals surface area contributed by atoms with Crippen LogP contribution in [0.2, 0.25) is 0 Å². The number of esters is 1. The van der Waals surface area contributed by atoms with Crippen LogP contribution >= 0.6 is 0 Å². The lowest BCUT2D eigenvalue weighted by Crippen LogP contribution is -2.54. The van der Waals surface area contributed by atoms with E-state index < -0.39 is 6.10 Å². The summed E-state index contributed by atoms with van der Waals surface area (Å²) in [6.45, 7) is 2.61. The van der Waals surface area contributed by atoms with Crippen LogP contribution < -0.4 is 9.64 Å². The quantitative estimate of drug-likeness (QED) is 0.621. The highest BCUT2D eigenvalue weighted by atomic mass is 16.6. The van der Waals surface area contributed by atoms with Crippen LogP contribution in [0.3, 0.4) is 0 Å². The van der Waals surface area contributed by atoms with Crippen molar-refractivity contribution < 1.29 is 23.8 Å². The van der Waals surface area contributed by atoms with Crippen molar-refractivity contribution in [3.05, 3.63) is 59.7 Å². The second-order valence-electron chi connectivity index (χ2n) is 7.15. The Morgan fingerprint density at radius 2 is 1.77 bits per heavy atom. The minimum atomic E-state index is -0.623. The lowest BCUT2D eigenvalue weighted by molar-refractivity contribution is -0.153. The van der Waals surface area contributed by atoms with Crippen molar-refractivity contribution in [2.45, 2.75) is 25.6 Å². The number of nitrogens with zero attached hydrogens (tertiary/aromatic N) is 2. The fourth-order valence-corrected chi connectivity index (χ4v) is 3.58. The zero-order valence-corrected chi connectivity index (χ0v) is 17.8. The Morgan fingerprint density at radius 1 is 1.07 bits per heavy atom. The first-order valence-electron chi connectivity index (χ1n) is 9.96. The SMILES string of the molecule is CCOC(Cc1ccc(OCC2N(C)C(=O)c3ccccc3N2C)cc1)C(=O)OC. The van der Waals surface area contributed by atoms with E-state index in [4.69, 9.17) is 14.2 Å². The second-order valence-corrected chi connectivity index (χ2v) is 7.15. The average Bonchev–Trinajstić information content (AvgIpc) is 2.77. The molecule has 1 heterocycles. The van der Waals surface area contributed by atoms with Crippen molar-refractivity contribution in [3.63, 3.8) is 0 Å². The van der Waals surface area contributed by atoms with Crippen LogP contribution in [0.25, 0.3) is 0 Å². The van der Waals surface area contributed by atoms with Crippen LogP contribution in [0.5, 0.6) is 5.75 Å². The number of fused-ring (bicyclic) bond motifs is 1. The molecule has 0 saturated heterocycles. The molecule has 7 heteroatoms. The van der Waals surface area contributed by atoms with Crippen molar-refractivity contribution in [2.75, 3.05) is 39.3 Å². The van der Waals surface area contributed by atoms with Crippen LogP contribution in [0.15, 0.2) is 48.5 Å². The van der Waals surface area contributed by atoms with Gasteiger partial charge in [-0.25, -0.2) is 4.79 Å². The highest BCUT2D eigenvalue weighted by Crippen LogP contribution is 2.29. The van der Waals surface area contributed by atoms with Crippen LogP contribution in [0, 0.1) is 0 Å². The number of hydrogen-bond acceptors (Lipinski definition) is 6. The number of hydrogen-bond donors (Lipinski definition) is 0. The molecule has 0 spiro atoms. The van der Waals surface area contributed by atoms with Gasteiger partial charge in [-0.1, -0.05) is 24.3 Å². The maximum absolute atomic E-state index is 12.7. The number of ether oxygens (including phenoxy) is 3. The Bertz CT molecular complexity index is 883. The molecule has 2 unspecified atom stereocenters. The van der Waals surface area contributed by atoms with Crippen molar-refractivity contribution in [1.82, 2.24) is 4.90 Å². The lowest BCUT2D eigenvalue weighted by Gasteiger charge is -2.41. The van der Waals surface area contributed by atoms with E-state index in [1.807, 2.05) is 67.4 Å². The van der Waals surface area contributed by atoms with Crippen molar-refractivity contribution >= 4 is 17.6 Å².